The smallest absolute Gasteiger partial charge is 0.321 e. The molecule has 0 saturated carbocycles. The maximum absolute atomic E-state index is 11.3. The lowest BCUT2D eigenvalue weighted by molar-refractivity contribution is -0.0427. The summed E-state index contributed by atoms with van der Waals surface area (Å²) in [5.41, 5.74) is 7.93. The van der Waals surface area contributed by atoms with Gasteiger partial charge >= 0.3 is 6.03 Å². The number of carbonyl (C=O) groups is 1. The number of aromatic amines is 2. The van der Waals surface area contributed by atoms with E-state index in [1.165, 1.54) is 18.2 Å². The molecule has 2 aromatic rings. The van der Waals surface area contributed by atoms with Crippen LogP contribution in [0.5, 0.6) is 0 Å². The number of urea groups is 1. The van der Waals surface area contributed by atoms with Crippen molar-refractivity contribution in [2.75, 3.05) is 31.1 Å². The number of aryl methyl sites for hydroxylation is 2. The molecule has 1 unspecified atom stereocenters. The van der Waals surface area contributed by atoms with E-state index < -0.39 is 17.8 Å². The van der Waals surface area contributed by atoms with Gasteiger partial charge in [0.15, 0.2) is 13.0 Å². The average Bonchev–Trinajstić information content (AvgIpc) is 2.79. The molecule has 0 bridgehead atoms. The van der Waals surface area contributed by atoms with Gasteiger partial charge in [0, 0.05) is 23.5 Å². The van der Waals surface area contributed by atoms with Gasteiger partial charge in [-0.3, -0.25) is 29.7 Å². The fourth-order valence-corrected chi connectivity index (χ4v) is 1.87. The number of anilines is 2. The molecule has 1 atom stereocenters. The quantitative estimate of drug-likeness (QED) is 0.0387. The van der Waals surface area contributed by atoms with E-state index >= 15 is 0 Å². The molecule has 18 nitrogen and oxygen atoms in total. The van der Waals surface area contributed by atoms with E-state index in [9.17, 15) is 24.1 Å². The van der Waals surface area contributed by atoms with Gasteiger partial charge in [-0.2, -0.15) is 10.5 Å². The molecule has 0 saturated heterocycles. The standard InChI is InChI=1S/C8H10BN5O4.C5H7N3O.C3H5BN2O3/c1-4-2-5(15)12-7(11-4)13-8(16)10-3-6(14-17)18-9;1-3-2-4(9)8-5(6)7-3;4-8-3-9-6-1-5-2-7/h2,6H,3H2,1H3,(H3,10,11,12,13,15,16);2H,1H3,(H3,6,7,8,9);6H,1,3H2. The minimum Gasteiger partial charge on any atom is -0.426 e. The number of nitroso groups, excluding NO2 is 1. The number of isocyanates is 1. The molecular formula is C16H22B2N10O8. The Morgan fingerprint density at radius 2 is 1.83 bits per heavy atom. The van der Waals surface area contributed by atoms with Crippen molar-refractivity contribution in [1.29, 1.82) is 0 Å². The molecule has 0 aliphatic rings. The molecule has 0 aliphatic carbocycles. The van der Waals surface area contributed by atoms with Crippen LogP contribution in [0, 0.1) is 18.8 Å². The SMILES string of the molecule is Cc1cc(=O)[nH]c(N)n1.[B]OC(CNC(=O)Nc1nc(C)cc(=O)[nH]1)N=O.[B]OCONCN=C=O. The normalized spacial score (nSPS) is 10.3. The number of hydrogen-bond donors (Lipinski definition) is 6. The highest BCUT2D eigenvalue weighted by atomic mass is 16.7. The number of rotatable bonds is 10. The minimum absolute atomic E-state index is 0.0122. The molecule has 2 heterocycles. The van der Waals surface area contributed by atoms with Crippen LogP contribution in [-0.4, -0.2) is 74.4 Å². The molecule has 4 radical (unpaired) electrons. The molecule has 7 N–H and O–H groups in total. The number of aromatic nitrogens is 4. The highest BCUT2D eigenvalue weighted by Gasteiger charge is 2.09. The molecule has 0 fully saturated rings. The Balaban J connectivity index is 0.000000570. The number of carbonyl (C=O) groups excluding carboxylic acids is 2. The van der Waals surface area contributed by atoms with E-state index in [0.717, 1.165) is 0 Å². The Labute approximate surface area is 205 Å². The van der Waals surface area contributed by atoms with Gasteiger partial charge in [0.05, 0.1) is 6.54 Å². The first-order valence-electron chi connectivity index (χ1n) is 9.49. The maximum atomic E-state index is 11.3. The van der Waals surface area contributed by atoms with E-state index in [-0.39, 0.29) is 37.5 Å². The van der Waals surface area contributed by atoms with Crippen LogP contribution in [0.1, 0.15) is 11.4 Å². The molecule has 190 valence electrons. The van der Waals surface area contributed by atoms with Crippen LogP contribution >= 0.6 is 0 Å². The van der Waals surface area contributed by atoms with E-state index in [0.29, 0.717) is 11.4 Å². The summed E-state index contributed by atoms with van der Waals surface area (Å²) in [6, 6.07) is 1.98. The molecule has 2 aromatic heterocycles. The summed E-state index contributed by atoms with van der Waals surface area (Å²) < 4.78 is 8.14. The topological polar surface area (TPSA) is 257 Å². The lowest BCUT2D eigenvalue weighted by Gasteiger charge is -2.09. The molecule has 2 amide bonds. The number of H-pyrrole nitrogens is 2. The van der Waals surface area contributed by atoms with Crippen LogP contribution in [0.2, 0.25) is 0 Å². The predicted molar refractivity (Wildman–Crippen MR) is 126 cm³/mol. The molecular weight excluding hydrogens is 482 g/mol. The van der Waals surface area contributed by atoms with Gasteiger partial charge in [0.1, 0.15) is 6.67 Å². The summed E-state index contributed by atoms with van der Waals surface area (Å²) in [5, 5.41) is 7.03. The van der Waals surface area contributed by atoms with Crippen LogP contribution in [-0.2, 0) is 18.9 Å². The van der Waals surface area contributed by atoms with E-state index in [2.05, 4.69) is 68.4 Å². The number of hydrogen-bond acceptors (Lipinski definition) is 14. The van der Waals surface area contributed by atoms with Crippen molar-refractivity contribution in [3.8, 4) is 0 Å². The second-order valence-electron chi connectivity index (χ2n) is 6.02. The van der Waals surface area contributed by atoms with Gasteiger partial charge in [0.25, 0.3) is 27.2 Å². The lowest BCUT2D eigenvalue weighted by Crippen LogP contribution is -2.36. The molecule has 2 rings (SSSR count). The van der Waals surface area contributed by atoms with Crippen LogP contribution in [0.25, 0.3) is 0 Å². The zero-order valence-corrected chi connectivity index (χ0v) is 19.1. The monoisotopic (exact) mass is 504 g/mol. The molecule has 0 aromatic carbocycles. The Morgan fingerprint density at radius 1 is 1.19 bits per heavy atom. The molecule has 0 aliphatic heterocycles. The minimum atomic E-state index is -1.18. The van der Waals surface area contributed by atoms with E-state index in [4.69, 9.17) is 13.8 Å². The van der Waals surface area contributed by atoms with Crippen molar-refractivity contribution in [3.63, 3.8) is 0 Å². The largest absolute Gasteiger partial charge is 0.426 e. The summed E-state index contributed by atoms with van der Waals surface area (Å²) >= 11 is 0. The number of nitrogens with zero attached hydrogens (tertiary/aromatic N) is 4. The Morgan fingerprint density at radius 3 is 2.33 bits per heavy atom. The van der Waals surface area contributed by atoms with Crippen molar-refractivity contribution in [2.45, 2.75) is 20.1 Å². The maximum Gasteiger partial charge on any atom is 0.321 e. The van der Waals surface area contributed by atoms with Gasteiger partial charge < -0.3 is 20.4 Å². The molecule has 20 heteroatoms. The van der Waals surface area contributed by atoms with Crippen LogP contribution in [0.4, 0.5) is 16.7 Å². The second kappa shape index (κ2) is 19.1. The first-order valence-corrected chi connectivity index (χ1v) is 9.49. The third-order valence-corrected chi connectivity index (χ3v) is 3.14. The fraction of sp³-hybridized carbons (Fsp3) is 0.375. The highest BCUT2D eigenvalue weighted by Crippen LogP contribution is 1.95. The third-order valence-electron chi connectivity index (χ3n) is 3.14. The van der Waals surface area contributed by atoms with E-state index in [1.54, 1.807) is 13.8 Å². The Bertz CT molecular complexity index is 1090. The first-order chi connectivity index (χ1) is 17.1. The fourth-order valence-electron chi connectivity index (χ4n) is 1.87. The molecule has 36 heavy (non-hydrogen) atoms. The summed E-state index contributed by atoms with van der Waals surface area (Å²) in [6.45, 7) is 3.07. The highest BCUT2D eigenvalue weighted by molar-refractivity contribution is 5.98. The van der Waals surface area contributed by atoms with Gasteiger partial charge in [-0.25, -0.2) is 19.6 Å². The summed E-state index contributed by atoms with van der Waals surface area (Å²) in [4.78, 5) is 72.3. The van der Waals surface area contributed by atoms with Crippen molar-refractivity contribution < 1.29 is 23.7 Å². The third kappa shape index (κ3) is 16.4. The summed E-state index contributed by atoms with van der Waals surface area (Å²) in [7, 11) is 9.31. The number of amides is 2. The van der Waals surface area contributed by atoms with Crippen LogP contribution in [0.3, 0.4) is 0 Å². The zero-order chi connectivity index (χ0) is 27.3. The van der Waals surface area contributed by atoms with Crippen molar-refractivity contribution in [1.82, 2.24) is 30.7 Å². The van der Waals surface area contributed by atoms with E-state index in [1.807, 2.05) is 0 Å². The Hall–Kier alpha value is -4.22. The number of nitrogen functional groups attached to an aromatic ring is 1. The second-order valence-corrected chi connectivity index (χ2v) is 6.02. The number of aliphatic imine (C=N–C) groups is 1. The zero-order valence-electron chi connectivity index (χ0n) is 19.1. The number of nitrogens with two attached hydrogens (primary N) is 1. The van der Waals surface area contributed by atoms with Crippen LogP contribution in [0.15, 0.2) is 31.9 Å². The Kier molecular flexibility index (Phi) is 16.9. The number of hydroxylamine groups is 1. The van der Waals surface area contributed by atoms with Gasteiger partial charge in [-0.05, 0) is 19.0 Å². The van der Waals surface area contributed by atoms with Crippen molar-refractivity contribution in [2.24, 2.45) is 10.2 Å². The van der Waals surface area contributed by atoms with Gasteiger partial charge in [-0.1, -0.05) is 0 Å². The number of nitrogens with one attached hydrogen (secondary N) is 5. The molecule has 0 spiro atoms. The summed E-state index contributed by atoms with van der Waals surface area (Å²) in [6.07, 6.45) is 0.125. The first kappa shape index (κ1) is 31.8. The predicted octanol–water partition coefficient (Wildman–Crippen LogP) is -2.09. The van der Waals surface area contributed by atoms with Crippen molar-refractivity contribution in [3.05, 3.63) is 49.1 Å². The van der Waals surface area contributed by atoms with Gasteiger partial charge in [0.2, 0.25) is 18.0 Å². The van der Waals surface area contributed by atoms with Gasteiger partial charge in [-0.15, -0.1) is 4.91 Å². The summed E-state index contributed by atoms with van der Waals surface area (Å²) in [5.74, 6) is 0.154. The van der Waals surface area contributed by atoms with Crippen molar-refractivity contribution >= 4 is 40.1 Å². The lowest BCUT2D eigenvalue weighted by atomic mass is 10.4. The van der Waals surface area contributed by atoms with Crippen LogP contribution < -0.4 is 33.0 Å². The average molecular weight is 504 g/mol.